The Morgan fingerprint density at radius 2 is 2.12 bits per heavy atom. The van der Waals surface area contributed by atoms with Gasteiger partial charge in [-0.05, 0) is 55.8 Å². The molecule has 0 atom stereocenters. The van der Waals surface area contributed by atoms with E-state index < -0.39 is 0 Å². The Balaban J connectivity index is 1.39. The van der Waals surface area contributed by atoms with Crippen molar-refractivity contribution in [2.75, 3.05) is 36.4 Å². The zero-order valence-electron chi connectivity index (χ0n) is 15.0. The number of aromatic amines is 1. The van der Waals surface area contributed by atoms with E-state index in [1.54, 1.807) is 0 Å². The lowest BCUT2D eigenvalue weighted by atomic mass is 10.1. The number of piperidine rings is 1. The van der Waals surface area contributed by atoms with E-state index in [0.717, 1.165) is 25.3 Å². The van der Waals surface area contributed by atoms with Gasteiger partial charge in [0.25, 0.3) is 5.56 Å². The smallest absolute Gasteiger partial charge is 0.275 e. The molecule has 1 aliphatic heterocycles. The molecule has 0 amide bonds. The molecule has 3 rings (SSSR count). The summed E-state index contributed by atoms with van der Waals surface area (Å²) in [7, 11) is 0. The topological polar surface area (TPSA) is 87.0 Å². The van der Waals surface area contributed by atoms with E-state index in [1.165, 1.54) is 49.0 Å². The summed E-state index contributed by atoms with van der Waals surface area (Å²) in [4.78, 5) is 22.0. The van der Waals surface area contributed by atoms with Gasteiger partial charge in [-0.2, -0.15) is 0 Å². The molecule has 1 aromatic heterocycles. The highest BCUT2D eigenvalue weighted by atomic mass is 32.2. The van der Waals surface area contributed by atoms with Gasteiger partial charge in [-0.25, -0.2) is 4.98 Å². The molecule has 1 aliphatic rings. The average Bonchev–Trinajstić information content (AvgIpc) is 2.65. The van der Waals surface area contributed by atoms with Crippen molar-refractivity contribution in [3.63, 3.8) is 0 Å². The lowest BCUT2D eigenvalue weighted by Gasteiger charge is -2.26. The van der Waals surface area contributed by atoms with Crippen molar-refractivity contribution in [3.05, 3.63) is 46.4 Å². The van der Waals surface area contributed by atoms with Crippen LogP contribution in [0.1, 0.15) is 31.2 Å². The first kappa shape index (κ1) is 18.8. The van der Waals surface area contributed by atoms with Crippen molar-refractivity contribution in [2.45, 2.75) is 37.1 Å². The maximum Gasteiger partial charge on any atom is 0.275 e. The van der Waals surface area contributed by atoms with Crippen LogP contribution in [-0.2, 0) is 6.54 Å². The summed E-state index contributed by atoms with van der Waals surface area (Å²) >= 11 is 1.87. The third-order valence-electron chi connectivity index (χ3n) is 4.46. The normalized spacial score (nSPS) is 15.1. The number of H-pyrrole nitrogens is 1. The summed E-state index contributed by atoms with van der Waals surface area (Å²) in [5.74, 6) is 1.48. The monoisotopic (exact) mass is 373 g/mol. The van der Waals surface area contributed by atoms with Gasteiger partial charge in [0.1, 0.15) is 5.69 Å². The zero-order chi connectivity index (χ0) is 18.2. The first-order chi connectivity index (χ1) is 12.7. The lowest BCUT2D eigenvalue weighted by Crippen LogP contribution is -2.29. The Bertz CT molecular complexity index is 758. The molecular formula is C19H27N5OS. The highest BCUT2D eigenvalue weighted by molar-refractivity contribution is 7.99. The second kappa shape index (κ2) is 9.64. The molecule has 140 valence electrons. The van der Waals surface area contributed by atoms with E-state index in [2.05, 4.69) is 44.5 Å². The molecule has 0 radical (unpaired) electrons. The predicted molar refractivity (Wildman–Crippen MR) is 109 cm³/mol. The van der Waals surface area contributed by atoms with Crippen LogP contribution in [0, 0.1) is 0 Å². The first-order valence-corrected chi connectivity index (χ1v) is 10.2. The van der Waals surface area contributed by atoms with Crippen molar-refractivity contribution in [1.29, 1.82) is 0 Å². The molecule has 1 saturated heterocycles. The van der Waals surface area contributed by atoms with Gasteiger partial charge in [0.2, 0.25) is 5.95 Å². The van der Waals surface area contributed by atoms with Crippen LogP contribution in [0.25, 0.3) is 0 Å². The molecule has 0 unspecified atom stereocenters. The number of hydrogen-bond donors (Lipinski definition) is 3. The standard InChI is InChI=1S/C19H27N5OS/c20-17-13-22-19(23-18(17)25)21-8-5-11-26-16-7-4-6-15(12-16)14-24-9-2-1-3-10-24/h4,6-7,12-13H,1-3,5,8-11,14,20H2,(H2,21,22,23,25). The molecule has 1 fully saturated rings. The molecule has 6 nitrogen and oxygen atoms in total. The van der Waals surface area contributed by atoms with E-state index in [0.29, 0.717) is 5.95 Å². The Morgan fingerprint density at radius 1 is 1.27 bits per heavy atom. The molecule has 0 bridgehead atoms. The number of benzene rings is 1. The molecule has 2 heterocycles. The molecule has 2 aromatic rings. The number of nitrogens with one attached hydrogen (secondary N) is 2. The minimum atomic E-state index is -0.303. The van der Waals surface area contributed by atoms with E-state index in [9.17, 15) is 4.79 Å². The molecular weight excluding hydrogens is 346 g/mol. The number of aromatic nitrogens is 2. The van der Waals surface area contributed by atoms with Crippen LogP contribution >= 0.6 is 11.8 Å². The summed E-state index contributed by atoms with van der Waals surface area (Å²) in [5.41, 5.74) is 6.69. The third-order valence-corrected chi connectivity index (χ3v) is 5.54. The molecule has 0 aliphatic carbocycles. The van der Waals surface area contributed by atoms with Crippen molar-refractivity contribution in [1.82, 2.24) is 14.9 Å². The molecule has 1 aromatic carbocycles. The predicted octanol–water partition coefficient (Wildman–Crippen LogP) is 2.93. The number of rotatable bonds is 8. The first-order valence-electron chi connectivity index (χ1n) is 9.23. The molecule has 0 spiro atoms. The number of likely N-dealkylation sites (tertiary alicyclic amines) is 1. The number of hydrogen-bond acceptors (Lipinski definition) is 6. The Kier molecular flexibility index (Phi) is 6.96. The van der Waals surface area contributed by atoms with Gasteiger partial charge in [-0.15, -0.1) is 11.8 Å². The quantitative estimate of drug-likeness (QED) is 0.487. The van der Waals surface area contributed by atoms with E-state index in [4.69, 9.17) is 5.73 Å². The third kappa shape index (κ3) is 5.78. The van der Waals surface area contributed by atoms with E-state index in [1.807, 2.05) is 11.8 Å². The molecule has 0 saturated carbocycles. The van der Waals surface area contributed by atoms with E-state index in [-0.39, 0.29) is 11.2 Å². The maximum atomic E-state index is 11.4. The number of nitrogens with two attached hydrogens (primary N) is 1. The van der Waals surface area contributed by atoms with Crippen molar-refractivity contribution >= 4 is 23.4 Å². The molecule has 26 heavy (non-hydrogen) atoms. The Morgan fingerprint density at radius 3 is 2.92 bits per heavy atom. The van der Waals surface area contributed by atoms with Gasteiger partial charge < -0.3 is 11.1 Å². The van der Waals surface area contributed by atoms with Crippen LogP contribution in [0.5, 0.6) is 0 Å². The fourth-order valence-corrected chi connectivity index (χ4v) is 4.01. The summed E-state index contributed by atoms with van der Waals surface area (Å²) in [6, 6.07) is 8.87. The number of thioether (sulfide) groups is 1. The van der Waals surface area contributed by atoms with Gasteiger partial charge in [0.15, 0.2) is 0 Å². The summed E-state index contributed by atoms with van der Waals surface area (Å²) in [6.45, 7) is 4.27. The number of anilines is 2. The van der Waals surface area contributed by atoms with Crippen LogP contribution in [-0.4, -0.2) is 40.3 Å². The van der Waals surface area contributed by atoms with Crippen LogP contribution in [0.15, 0.2) is 40.2 Å². The zero-order valence-corrected chi connectivity index (χ0v) is 15.9. The van der Waals surface area contributed by atoms with Gasteiger partial charge in [0.05, 0.1) is 6.20 Å². The van der Waals surface area contributed by atoms with Crippen LogP contribution in [0.4, 0.5) is 11.6 Å². The van der Waals surface area contributed by atoms with Gasteiger partial charge in [0, 0.05) is 18.0 Å². The fraction of sp³-hybridized carbons (Fsp3) is 0.474. The van der Waals surface area contributed by atoms with Gasteiger partial charge in [-0.3, -0.25) is 14.7 Å². The van der Waals surface area contributed by atoms with Crippen molar-refractivity contribution in [3.8, 4) is 0 Å². The summed E-state index contributed by atoms with van der Waals surface area (Å²) < 4.78 is 0. The molecule has 7 heteroatoms. The minimum absolute atomic E-state index is 0.135. The Hall–Kier alpha value is -1.99. The minimum Gasteiger partial charge on any atom is -0.393 e. The van der Waals surface area contributed by atoms with Crippen molar-refractivity contribution in [2.24, 2.45) is 0 Å². The largest absolute Gasteiger partial charge is 0.393 e. The van der Waals surface area contributed by atoms with Gasteiger partial charge in [-0.1, -0.05) is 18.6 Å². The van der Waals surface area contributed by atoms with Crippen LogP contribution in [0.3, 0.4) is 0 Å². The fourth-order valence-electron chi connectivity index (χ4n) is 3.07. The maximum absolute atomic E-state index is 11.4. The van der Waals surface area contributed by atoms with Crippen LogP contribution in [0.2, 0.25) is 0 Å². The summed E-state index contributed by atoms with van der Waals surface area (Å²) in [6.07, 6.45) is 6.39. The highest BCUT2D eigenvalue weighted by Gasteiger charge is 2.10. The van der Waals surface area contributed by atoms with Crippen molar-refractivity contribution < 1.29 is 0 Å². The second-order valence-corrected chi connectivity index (χ2v) is 7.80. The average molecular weight is 374 g/mol. The number of nitrogens with zero attached hydrogens (tertiary/aromatic N) is 2. The number of nitrogen functional groups attached to an aromatic ring is 1. The summed E-state index contributed by atoms with van der Waals surface area (Å²) in [5, 5.41) is 3.12. The SMILES string of the molecule is Nc1cnc(NCCCSc2cccc(CN3CCCCC3)c2)[nH]c1=O. The van der Waals surface area contributed by atoms with E-state index >= 15 is 0 Å². The van der Waals surface area contributed by atoms with Crippen LogP contribution < -0.4 is 16.6 Å². The second-order valence-electron chi connectivity index (χ2n) is 6.63. The molecule has 4 N–H and O–H groups in total. The lowest BCUT2D eigenvalue weighted by molar-refractivity contribution is 0.221. The highest BCUT2D eigenvalue weighted by Crippen LogP contribution is 2.21. The van der Waals surface area contributed by atoms with Gasteiger partial charge >= 0.3 is 0 Å². The Labute approximate surface area is 158 Å².